The number of benzene rings is 3. The fourth-order valence-electron chi connectivity index (χ4n) is 3.25. The normalized spacial score (nSPS) is 11.7. The molecule has 0 unspecified atom stereocenters. The lowest BCUT2D eigenvalue weighted by Crippen LogP contribution is -2.00. The number of oxime groups is 1. The summed E-state index contributed by atoms with van der Waals surface area (Å²) in [6, 6.07) is 24.8. The summed E-state index contributed by atoms with van der Waals surface area (Å²) in [5, 5.41) is 13.5. The summed E-state index contributed by atoms with van der Waals surface area (Å²) >= 11 is 1.61. The third-order valence-electron chi connectivity index (χ3n) is 4.80. The first-order valence-corrected chi connectivity index (χ1v) is 10.6. The molecule has 4 aromatic rings. The number of rotatable bonds is 7. The zero-order chi connectivity index (χ0) is 20.9. The molecule has 0 aliphatic rings. The van der Waals surface area contributed by atoms with Gasteiger partial charge in [-0.25, -0.2) is 0 Å². The third kappa shape index (κ3) is 4.31. The zero-order valence-corrected chi connectivity index (χ0v) is 17.4. The number of fused-ring (bicyclic) bond motifs is 1. The van der Waals surface area contributed by atoms with Crippen LogP contribution in [0.1, 0.15) is 41.4 Å². The van der Waals surface area contributed by atoms with Gasteiger partial charge in [0.1, 0.15) is 5.58 Å². The Balaban J connectivity index is 1.46. The van der Waals surface area contributed by atoms with E-state index in [1.165, 1.54) is 0 Å². The molecule has 0 radical (unpaired) electrons. The zero-order valence-electron chi connectivity index (χ0n) is 16.5. The first-order chi connectivity index (χ1) is 14.7. The summed E-state index contributed by atoms with van der Waals surface area (Å²) in [5.74, 6) is 0.222. The predicted molar refractivity (Wildman–Crippen MR) is 120 cm³/mol. The summed E-state index contributed by atoms with van der Waals surface area (Å²) in [5.41, 5.74) is 2.93. The standard InChI is InChI=1S/C25H21NO3S/c1-2-5-22(26-28)17-8-12-20(13-9-17)30-21-14-10-18(11-15-21)25(27)24-16-19-6-3-4-7-23(19)29-24/h3-4,6-16,28H,2,5H2,1H3/b26-22+. The Morgan fingerprint density at radius 3 is 2.17 bits per heavy atom. The van der Waals surface area contributed by atoms with Crippen LogP contribution in [0, 0.1) is 0 Å². The molecular weight excluding hydrogens is 394 g/mol. The number of para-hydroxylation sites is 1. The molecule has 4 nitrogen and oxygen atoms in total. The molecule has 0 bridgehead atoms. The minimum Gasteiger partial charge on any atom is -0.453 e. The summed E-state index contributed by atoms with van der Waals surface area (Å²) in [6.45, 7) is 2.05. The highest BCUT2D eigenvalue weighted by Gasteiger charge is 2.14. The van der Waals surface area contributed by atoms with Crippen molar-refractivity contribution in [2.75, 3.05) is 0 Å². The monoisotopic (exact) mass is 415 g/mol. The van der Waals surface area contributed by atoms with Crippen LogP contribution in [-0.4, -0.2) is 16.7 Å². The van der Waals surface area contributed by atoms with Crippen molar-refractivity contribution < 1.29 is 14.4 Å². The molecule has 1 N–H and O–H groups in total. The van der Waals surface area contributed by atoms with Crippen molar-refractivity contribution >= 4 is 34.2 Å². The van der Waals surface area contributed by atoms with Crippen molar-refractivity contribution in [1.29, 1.82) is 0 Å². The van der Waals surface area contributed by atoms with Gasteiger partial charge in [0, 0.05) is 20.7 Å². The topological polar surface area (TPSA) is 62.8 Å². The molecule has 1 heterocycles. The summed E-state index contributed by atoms with van der Waals surface area (Å²) in [6.07, 6.45) is 1.67. The lowest BCUT2D eigenvalue weighted by atomic mass is 10.1. The van der Waals surface area contributed by atoms with Crippen LogP contribution >= 0.6 is 11.8 Å². The van der Waals surface area contributed by atoms with Crippen molar-refractivity contribution in [3.63, 3.8) is 0 Å². The van der Waals surface area contributed by atoms with E-state index in [9.17, 15) is 4.79 Å². The highest BCUT2D eigenvalue weighted by molar-refractivity contribution is 7.99. The van der Waals surface area contributed by atoms with E-state index in [-0.39, 0.29) is 5.78 Å². The quantitative estimate of drug-likeness (QED) is 0.156. The van der Waals surface area contributed by atoms with Gasteiger partial charge in [-0.3, -0.25) is 4.79 Å². The maximum Gasteiger partial charge on any atom is 0.228 e. The second-order valence-corrected chi connectivity index (χ2v) is 8.07. The fourth-order valence-corrected chi connectivity index (χ4v) is 4.07. The first kappa shape index (κ1) is 20.0. The van der Waals surface area contributed by atoms with Gasteiger partial charge in [0.05, 0.1) is 5.71 Å². The van der Waals surface area contributed by atoms with Gasteiger partial charge in [0.25, 0.3) is 0 Å². The van der Waals surface area contributed by atoms with Gasteiger partial charge >= 0.3 is 0 Å². The Kier molecular flexibility index (Phi) is 6.00. The van der Waals surface area contributed by atoms with Crippen LogP contribution in [0.2, 0.25) is 0 Å². The van der Waals surface area contributed by atoms with E-state index in [2.05, 4.69) is 12.1 Å². The summed E-state index contributed by atoms with van der Waals surface area (Å²) in [4.78, 5) is 14.8. The molecule has 3 aromatic carbocycles. The van der Waals surface area contributed by atoms with Crippen LogP contribution in [0.3, 0.4) is 0 Å². The lowest BCUT2D eigenvalue weighted by molar-refractivity contribution is 0.101. The van der Waals surface area contributed by atoms with Gasteiger partial charge in [-0.1, -0.05) is 60.6 Å². The number of nitrogens with zero attached hydrogens (tertiary/aromatic N) is 1. The van der Waals surface area contributed by atoms with Gasteiger partial charge in [-0.2, -0.15) is 0 Å². The number of carbonyl (C=O) groups is 1. The van der Waals surface area contributed by atoms with E-state index >= 15 is 0 Å². The first-order valence-electron chi connectivity index (χ1n) is 9.80. The molecule has 0 spiro atoms. The van der Waals surface area contributed by atoms with Crippen LogP contribution in [-0.2, 0) is 0 Å². The van der Waals surface area contributed by atoms with E-state index in [0.29, 0.717) is 22.6 Å². The number of ketones is 1. The molecule has 0 saturated heterocycles. The average Bonchev–Trinajstić information content (AvgIpc) is 3.22. The van der Waals surface area contributed by atoms with Gasteiger partial charge in [0.2, 0.25) is 5.78 Å². The molecule has 0 fully saturated rings. The second kappa shape index (κ2) is 9.01. The van der Waals surface area contributed by atoms with Crippen molar-refractivity contribution in [2.45, 2.75) is 29.6 Å². The van der Waals surface area contributed by atoms with E-state index < -0.39 is 0 Å². The van der Waals surface area contributed by atoms with Gasteiger partial charge in [-0.05, 0) is 60.5 Å². The van der Waals surface area contributed by atoms with Crippen LogP contribution in [0.25, 0.3) is 11.0 Å². The van der Waals surface area contributed by atoms with Gasteiger partial charge in [-0.15, -0.1) is 0 Å². The van der Waals surface area contributed by atoms with E-state index in [0.717, 1.165) is 33.6 Å². The molecular formula is C25H21NO3S. The second-order valence-electron chi connectivity index (χ2n) is 6.93. The van der Waals surface area contributed by atoms with Crippen LogP contribution in [0.5, 0.6) is 0 Å². The van der Waals surface area contributed by atoms with E-state index in [4.69, 9.17) is 9.62 Å². The van der Waals surface area contributed by atoms with Crippen LogP contribution < -0.4 is 0 Å². The molecule has 0 atom stereocenters. The van der Waals surface area contributed by atoms with Crippen molar-refractivity contribution in [3.8, 4) is 0 Å². The number of furan rings is 1. The Bertz CT molecular complexity index is 1160. The Morgan fingerprint density at radius 1 is 0.933 bits per heavy atom. The van der Waals surface area contributed by atoms with Crippen LogP contribution in [0.4, 0.5) is 0 Å². The summed E-state index contributed by atoms with van der Waals surface area (Å²) in [7, 11) is 0. The summed E-state index contributed by atoms with van der Waals surface area (Å²) < 4.78 is 5.68. The predicted octanol–water partition coefficient (Wildman–Crippen LogP) is 6.79. The highest BCUT2D eigenvalue weighted by Crippen LogP contribution is 2.29. The molecule has 5 heteroatoms. The van der Waals surface area contributed by atoms with Crippen molar-refractivity contribution in [1.82, 2.24) is 0 Å². The molecule has 0 amide bonds. The minimum absolute atomic E-state index is 0.126. The number of hydrogen-bond acceptors (Lipinski definition) is 5. The largest absolute Gasteiger partial charge is 0.453 e. The van der Waals surface area contributed by atoms with Crippen molar-refractivity contribution in [3.05, 3.63) is 95.7 Å². The maximum absolute atomic E-state index is 12.7. The fraction of sp³-hybridized carbons (Fsp3) is 0.120. The average molecular weight is 416 g/mol. The van der Waals surface area contributed by atoms with Crippen LogP contribution in [0.15, 0.2) is 98.2 Å². The van der Waals surface area contributed by atoms with Gasteiger partial charge < -0.3 is 9.62 Å². The third-order valence-corrected chi connectivity index (χ3v) is 5.81. The van der Waals surface area contributed by atoms with E-state index in [1.54, 1.807) is 17.8 Å². The van der Waals surface area contributed by atoms with Gasteiger partial charge in [0.15, 0.2) is 5.76 Å². The number of carbonyl (C=O) groups excluding carboxylic acids is 1. The maximum atomic E-state index is 12.7. The van der Waals surface area contributed by atoms with E-state index in [1.807, 2.05) is 72.8 Å². The smallest absolute Gasteiger partial charge is 0.228 e. The SMILES string of the molecule is CCC/C(=N\O)c1ccc(Sc2ccc(C(=O)c3cc4ccccc4o3)cc2)cc1. The molecule has 0 aliphatic heterocycles. The molecule has 30 heavy (non-hydrogen) atoms. The Labute approximate surface area is 179 Å². The van der Waals surface area contributed by atoms with Crippen molar-refractivity contribution in [2.24, 2.45) is 5.16 Å². The number of hydrogen-bond donors (Lipinski definition) is 1. The Hall–Kier alpha value is -3.31. The molecule has 0 saturated carbocycles. The molecule has 1 aromatic heterocycles. The lowest BCUT2D eigenvalue weighted by Gasteiger charge is -2.06. The minimum atomic E-state index is -0.126. The highest BCUT2D eigenvalue weighted by atomic mass is 32.2. The molecule has 4 rings (SSSR count). The Morgan fingerprint density at radius 2 is 1.57 bits per heavy atom. The molecule has 0 aliphatic carbocycles. The molecule has 150 valence electrons.